The maximum atomic E-state index is 5.82. The normalized spacial score (nSPS) is 32.1. The monoisotopic (exact) mass is 239 g/mol. The zero-order chi connectivity index (χ0) is 12.4. The third-order valence-electron chi connectivity index (χ3n) is 4.54. The van der Waals surface area contributed by atoms with Gasteiger partial charge in [0.05, 0.1) is 12.2 Å². The molecule has 1 aliphatic carbocycles. The zero-order valence-corrected chi connectivity index (χ0v) is 12.0. The van der Waals surface area contributed by atoms with Crippen molar-refractivity contribution in [2.75, 3.05) is 13.1 Å². The van der Waals surface area contributed by atoms with Crippen molar-refractivity contribution in [2.24, 2.45) is 11.8 Å². The van der Waals surface area contributed by atoms with Gasteiger partial charge in [0, 0.05) is 19.1 Å². The fraction of sp³-hybridized carbons (Fsp3) is 1.00. The first-order valence-electron chi connectivity index (χ1n) is 7.45. The molecule has 1 saturated heterocycles. The van der Waals surface area contributed by atoms with Crippen molar-refractivity contribution in [3.8, 4) is 0 Å². The molecule has 1 heterocycles. The molecule has 0 aromatic heterocycles. The Balaban J connectivity index is 1.66. The molecule has 0 radical (unpaired) electrons. The highest BCUT2D eigenvalue weighted by Crippen LogP contribution is 2.34. The van der Waals surface area contributed by atoms with E-state index in [1.54, 1.807) is 0 Å². The maximum absolute atomic E-state index is 5.82. The Hall–Kier alpha value is -0.0800. The summed E-state index contributed by atoms with van der Waals surface area (Å²) in [7, 11) is 0. The SMILES string of the molecule is CC(C)OC1CN(C2CCC(C(C)C)CC2)C1. The number of ether oxygens (including phenoxy) is 1. The van der Waals surface area contributed by atoms with E-state index >= 15 is 0 Å². The van der Waals surface area contributed by atoms with Gasteiger partial charge < -0.3 is 4.74 Å². The van der Waals surface area contributed by atoms with E-state index in [1.165, 1.54) is 38.8 Å². The number of rotatable bonds is 4. The van der Waals surface area contributed by atoms with Crippen molar-refractivity contribution in [1.82, 2.24) is 4.90 Å². The summed E-state index contributed by atoms with van der Waals surface area (Å²) in [4.78, 5) is 2.64. The van der Waals surface area contributed by atoms with E-state index in [2.05, 4.69) is 32.6 Å². The van der Waals surface area contributed by atoms with Crippen LogP contribution in [-0.2, 0) is 4.74 Å². The molecule has 2 fully saturated rings. The lowest BCUT2D eigenvalue weighted by atomic mass is 9.78. The zero-order valence-electron chi connectivity index (χ0n) is 12.0. The average molecular weight is 239 g/mol. The van der Waals surface area contributed by atoms with Crippen molar-refractivity contribution < 1.29 is 4.74 Å². The molecule has 2 aliphatic rings. The summed E-state index contributed by atoms with van der Waals surface area (Å²) in [6.45, 7) is 11.4. The van der Waals surface area contributed by atoms with Gasteiger partial charge in [-0.05, 0) is 51.4 Å². The van der Waals surface area contributed by atoms with Crippen LogP contribution in [0.5, 0.6) is 0 Å². The van der Waals surface area contributed by atoms with Crippen LogP contribution in [0.4, 0.5) is 0 Å². The third kappa shape index (κ3) is 3.45. The van der Waals surface area contributed by atoms with Crippen LogP contribution in [-0.4, -0.2) is 36.2 Å². The highest BCUT2D eigenvalue weighted by atomic mass is 16.5. The van der Waals surface area contributed by atoms with E-state index in [9.17, 15) is 0 Å². The van der Waals surface area contributed by atoms with E-state index < -0.39 is 0 Å². The molecular formula is C15H29NO. The summed E-state index contributed by atoms with van der Waals surface area (Å²) < 4.78 is 5.82. The maximum Gasteiger partial charge on any atom is 0.0832 e. The van der Waals surface area contributed by atoms with Gasteiger partial charge in [0.1, 0.15) is 0 Å². The summed E-state index contributed by atoms with van der Waals surface area (Å²) in [6, 6.07) is 0.858. The average Bonchev–Trinajstić information content (AvgIpc) is 2.23. The lowest BCUT2D eigenvalue weighted by molar-refractivity contribution is -0.101. The standard InChI is InChI=1S/C15H29NO/c1-11(2)13-5-7-14(8-6-13)16-9-15(10-16)17-12(3)4/h11-15H,5-10H2,1-4H3. The molecule has 0 atom stereocenters. The Kier molecular flexibility index (Phi) is 4.48. The molecule has 0 bridgehead atoms. The predicted molar refractivity (Wildman–Crippen MR) is 72.2 cm³/mol. The molecule has 17 heavy (non-hydrogen) atoms. The molecule has 0 spiro atoms. The molecular weight excluding hydrogens is 210 g/mol. The molecule has 2 rings (SSSR count). The first-order valence-corrected chi connectivity index (χ1v) is 7.45. The Bertz CT molecular complexity index is 225. The largest absolute Gasteiger partial charge is 0.373 e. The van der Waals surface area contributed by atoms with E-state index in [1.807, 2.05) is 0 Å². The van der Waals surface area contributed by atoms with Gasteiger partial charge in [0.25, 0.3) is 0 Å². The van der Waals surface area contributed by atoms with Crippen LogP contribution >= 0.6 is 0 Å². The minimum Gasteiger partial charge on any atom is -0.373 e. The van der Waals surface area contributed by atoms with Crippen molar-refractivity contribution >= 4 is 0 Å². The molecule has 0 aromatic rings. The first kappa shape index (κ1) is 13.4. The number of nitrogens with zero attached hydrogens (tertiary/aromatic N) is 1. The second-order valence-electron chi connectivity index (χ2n) is 6.57. The van der Waals surface area contributed by atoms with Crippen molar-refractivity contribution in [1.29, 1.82) is 0 Å². The van der Waals surface area contributed by atoms with Gasteiger partial charge in [-0.15, -0.1) is 0 Å². The predicted octanol–water partition coefficient (Wildman–Crippen LogP) is 3.31. The smallest absolute Gasteiger partial charge is 0.0832 e. The third-order valence-corrected chi connectivity index (χ3v) is 4.54. The molecule has 100 valence electrons. The van der Waals surface area contributed by atoms with Crippen LogP contribution in [0.25, 0.3) is 0 Å². The molecule has 0 aromatic carbocycles. The van der Waals surface area contributed by atoms with Crippen LogP contribution in [0, 0.1) is 11.8 Å². The molecule has 2 heteroatoms. The van der Waals surface area contributed by atoms with Gasteiger partial charge in [-0.2, -0.15) is 0 Å². The van der Waals surface area contributed by atoms with Gasteiger partial charge in [0.15, 0.2) is 0 Å². The van der Waals surface area contributed by atoms with Crippen molar-refractivity contribution in [2.45, 2.75) is 71.6 Å². The number of hydrogen-bond donors (Lipinski definition) is 0. The summed E-state index contributed by atoms with van der Waals surface area (Å²) >= 11 is 0. The summed E-state index contributed by atoms with van der Waals surface area (Å²) in [6.07, 6.45) is 6.61. The molecule has 1 saturated carbocycles. The minimum absolute atomic E-state index is 0.388. The molecule has 0 amide bonds. The fourth-order valence-corrected chi connectivity index (χ4v) is 3.37. The van der Waals surface area contributed by atoms with Gasteiger partial charge in [-0.25, -0.2) is 0 Å². The second-order valence-corrected chi connectivity index (χ2v) is 6.57. The Morgan fingerprint density at radius 1 is 0.941 bits per heavy atom. The highest BCUT2D eigenvalue weighted by molar-refractivity contribution is 4.89. The Morgan fingerprint density at radius 3 is 2.00 bits per heavy atom. The van der Waals surface area contributed by atoms with Crippen molar-refractivity contribution in [3.63, 3.8) is 0 Å². The van der Waals surface area contributed by atoms with Crippen LogP contribution in [0.2, 0.25) is 0 Å². The molecule has 2 nitrogen and oxygen atoms in total. The van der Waals surface area contributed by atoms with E-state index in [0.29, 0.717) is 12.2 Å². The quantitative estimate of drug-likeness (QED) is 0.746. The lowest BCUT2D eigenvalue weighted by Crippen LogP contribution is -2.57. The summed E-state index contributed by atoms with van der Waals surface area (Å²) in [5, 5.41) is 0. The van der Waals surface area contributed by atoms with Crippen LogP contribution in [0.3, 0.4) is 0 Å². The topological polar surface area (TPSA) is 12.5 Å². The second kappa shape index (κ2) is 5.71. The Labute approximate surface area is 107 Å². The number of hydrogen-bond acceptors (Lipinski definition) is 2. The van der Waals surface area contributed by atoms with Gasteiger partial charge in [-0.1, -0.05) is 13.8 Å². The highest BCUT2D eigenvalue weighted by Gasteiger charge is 2.35. The number of likely N-dealkylation sites (tertiary alicyclic amines) is 1. The van der Waals surface area contributed by atoms with Crippen LogP contribution in [0.15, 0.2) is 0 Å². The van der Waals surface area contributed by atoms with Gasteiger partial charge in [-0.3, -0.25) is 4.90 Å². The summed E-state index contributed by atoms with van der Waals surface area (Å²) in [5.74, 6) is 1.86. The van der Waals surface area contributed by atoms with Gasteiger partial charge in [0.2, 0.25) is 0 Å². The molecule has 0 N–H and O–H groups in total. The van der Waals surface area contributed by atoms with Crippen LogP contribution < -0.4 is 0 Å². The van der Waals surface area contributed by atoms with Crippen LogP contribution in [0.1, 0.15) is 53.4 Å². The fourth-order valence-electron chi connectivity index (χ4n) is 3.37. The van der Waals surface area contributed by atoms with Crippen molar-refractivity contribution in [3.05, 3.63) is 0 Å². The molecule has 0 unspecified atom stereocenters. The Morgan fingerprint density at radius 2 is 1.53 bits per heavy atom. The molecule has 1 aliphatic heterocycles. The van der Waals surface area contributed by atoms with E-state index in [-0.39, 0.29) is 0 Å². The minimum atomic E-state index is 0.388. The van der Waals surface area contributed by atoms with Gasteiger partial charge >= 0.3 is 0 Å². The lowest BCUT2D eigenvalue weighted by Gasteiger charge is -2.47. The first-order chi connectivity index (χ1) is 8.06. The van der Waals surface area contributed by atoms with E-state index in [4.69, 9.17) is 4.74 Å². The van der Waals surface area contributed by atoms with E-state index in [0.717, 1.165) is 17.9 Å². The summed E-state index contributed by atoms with van der Waals surface area (Å²) in [5.41, 5.74) is 0.